The van der Waals surface area contributed by atoms with Crippen molar-refractivity contribution in [3.05, 3.63) is 81.8 Å². The standard InChI is InChI=1S/C30H32N4O8/c1-34(2)22-19-11-16-10-15-8-9-20(33-29(41)28(40)32-13-14-6-4-3-5-7-14)23(35)17(15)12-18(16)25(37)30(19,42)26(38)21(24(22)36)27(31)39/h3-9,16,19,22,35-37,42H,10-13H2,1-2H3,(H2,31,39)(H,32,40)(H,33,41)/t16?,19?,22-,30?/m0/s1. The summed E-state index contributed by atoms with van der Waals surface area (Å²) in [6, 6.07) is 11.2. The number of nitrogens with zero attached hydrogens (tertiary/aromatic N) is 1. The first-order chi connectivity index (χ1) is 19.9. The number of aromatic hydroxyl groups is 1. The van der Waals surface area contributed by atoms with Crippen molar-refractivity contribution in [2.45, 2.75) is 37.5 Å². The van der Waals surface area contributed by atoms with Crippen LogP contribution < -0.4 is 16.4 Å². The number of amides is 3. The van der Waals surface area contributed by atoms with Crippen LogP contribution in [-0.4, -0.2) is 74.6 Å². The molecule has 0 spiro atoms. The molecular formula is C30H32N4O8. The predicted molar refractivity (Wildman–Crippen MR) is 150 cm³/mol. The first-order valence-electron chi connectivity index (χ1n) is 13.4. The number of Topliss-reactive ketones (excluding diaryl/α,β-unsaturated/α-hetero) is 1. The number of fused-ring (bicyclic) bond motifs is 3. The molecule has 220 valence electrons. The van der Waals surface area contributed by atoms with Crippen molar-refractivity contribution in [3.63, 3.8) is 0 Å². The number of allylic oxidation sites excluding steroid dienone is 1. The van der Waals surface area contributed by atoms with Crippen LogP contribution in [0, 0.1) is 11.8 Å². The van der Waals surface area contributed by atoms with E-state index in [-0.39, 0.29) is 42.3 Å². The number of phenols is 1. The summed E-state index contributed by atoms with van der Waals surface area (Å²) in [5.41, 5.74) is 4.21. The van der Waals surface area contributed by atoms with Crippen LogP contribution in [0.2, 0.25) is 0 Å². The number of benzene rings is 2. The van der Waals surface area contributed by atoms with E-state index in [1.54, 1.807) is 49.3 Å². The molecule has 5 rings (SSSR count). The second kappa shape index (κ2) is 10.6. The summed E-state index contributed by atoms with van der Waals surface area (Å²) < 4.78 is 0. The maximum absolute atomic E-state index is 13.4. The highest BCUT2D eigenvalue weighted by Gasteiger charge is 2.62. The lowest BCUT2D eigenvalue weighted by molar-refractivity contribution is -0.148. The number of phenolic OH excluding ortho intramolecular Hbond substituents is 1. The summed E-state index contributed by atoms with van der Waals surface area (Å²) in [6.45, 7) is 0.139. The fraction of sp³-hybridized carbons (Fsp3) is 0.333. The smallest absolute Gasteiger partial charge is 0.313 e. The van der Waals surface area contributed by atoms with Crippen LogP contribution in [0.25, 0.3) is 0 Å². The van der Waals surface area contributed by atoms with Gasteiger partial charge in [-0.05, 0) is 55.6 Å². The molecule has 4 atom stereocenters. The molecule has 12 nitrogen and oxygen atoms in total. The number of hydrogen-bond acceptors (Lipinski definition) is 9. The zero-order valence-corrected chi connectivity index (χ0v) is 23.0. The van der Waals surface area contributed by atoms with Crippen LogP contribution >= 0.6 is 0 Å². The quantitative estimate of drug-likeness (QED) is 0.152. The molecule has 12 heteroatoms. The molecule has 0 heterocycles. The maximum atomic E-state index is 13.4. The van der Waals surface area contributed by atoms with E-state index in [9.17, 15) is 39.6 Å². The molecule has 3 amide bonds. The van der Waals surface area contributed by atoms with Crippen molar-refractivity contribution in [3.8, 4) is 5.75 Å². The summed E-state index contributed by atoms with van der Waals surface area (Å²) in [6.07, 6.45) is 0.432. The van der Waals surface area contributed by atoms with Gasteiger partial charge >= 0.3 is 11.8 Å². The van der Waals surface area contributed by atoms with E-state index in [0.29, 0.717) is 17.5 Å². The predicted octanol–water partition coefficient (Wildman–Crippen LogP) is 0.735. The van der Waals surface area contributed by atoms with Gasteiger partial charge in [-0.2, -0.15) is 0 Å². The average molecular weight is 577 g/mol. The average Bonchev–Trinajstić information content (AvgIpc) is 2.95. The molecule has 8 N–H and O–H groups in total. The van der Waals surface area contributed by atoms with Crippen molar-refractivity contribution in [2.75, 3.05) is 19.4 Å². The molecule has 0 bridgehead atoms. The fourth-order valence-corrected chi connectivity index (χ4v) is 6.45. The summed E-state index contributed by atoms with van der Waals surface area (Å²) in [7, 11) is 3.22. The van der Waals surface area contributed by atoms with Crippen molar-refractivity contribution in [1.29, 1.82) is 0 Å². The summed E-state index contributed by atoms with van der Waals surface area (Å²) in [5.74, 6) is -7.15. The number of aliphatic hydroxyl groups excluding tert-OH is 2. The van der Waals surface area contributed by atoms with E-state index < -0.39 is 58.2 Å². The summed E-state index contributed by atoms with van der Waals surface area (Å²) in [5, 5.41) is 49.9. The number of anilines is 1. The largest absolute Gasteiger partial charge is 0.510 e. The van der Waals surface area contributed by atoms with Gasteiger partial charge in [0.1, 0.15) is 22.8 Å². The number of nitrogens with two attached hydrogens (primary N) is 1. The van der Waals surface area contributed by atoms with Crippen LogP contribution in [0.15, 0.2) is 65.1 Å². The Morgan fingerprint density at radius 2 is 1.74 bits per heavy atom. The van der Waals surface area contributed by atoms with Gasteiger partial charge in [-0.3, -0.25) is 24.1 Å². The second-order valence-corrected chi connectivity index (χ2v) is 11.1. The number of hydrogen-bond donors (Lipinski definition) is 7. The van der Waals surface area contributed by atoms with Crippen molar-refractivity contribution in [2.24, 2.45) is 17.6 Å². The van der Waals surface area contributed by atoms with E-state index in [2.05, 4.69) is 10.6 Å². The molecule has 42 heavy (non-hydrogen) atoms. The monoisotopic (exact) mass is 576 g/mol. The highest BCUT2D eigenvalue weighted by molar-refractivity contribution is 6.39. The summed E-state index contributed by atoms with van der Waals surface area (Å²) >= 11 is 0. The van der Waals surface area contributed by atoms with Crippen molar-refractivity contribution >= 4 is 29.2 Å². The number of primary amides is 1. The number of carbonyl (C=O) groups excluding carboxylic acids is 4. The van der Waals surface area contributed by atoms with Gasteiger partial charge in [-0.25, -0.2) is 0 Å². The van der Waals surface area contributed by atoms with Gasteiger partial charge in [-0.1, -0.05) is 36.4 Å². The molecular weight excluding hydrogens is 544 g/mol. The third-order valence-corrected chi connectivity index (χ3v) is 8.49. The Labute approximate surface area is 241 Å². The zero-order chi connectivity index (χ0) is 30.5. The Balaban J connectivity index is 1.43. The molecule has 3 unspecified atom stereocenters. The molecule has 0 aliphatic heterocycles. The van der Waals surface area contributed by atoms with Gasteiger partial charge < -0.3 is 36.8 Å². The van der Waals surface area contributed by atoms with E-state index >= 15 is 0 Å². The third kappa shape index (κ3) is 4.58. The Morgan fingerprint density at radius 3 is 2.38 bits per heavy atom. The molecule has 2 aromatic carbocycles. The first-order valence-corrected chi connectivity index (χ1v) is 13.4. The van der Waals surface area contributed by atoms with Gasteiger partial charge in [0.15, 0.2) is 5.60 Å². The molecule has 0 saturated heterocycles. The number of ketones is 1. The normalized spacial score (nSPS) is 25.0. The lowest BCUT2D eigenvalue weighted by atomic mass is 9.59. The topological polar surface area (TPSA) is 203 Å². The molecule has 0 aromatic heterocycles. The molecule has 3 aliphatic rings. The van der Waals surface area contributed by atoms with Crippen LogP contribution in [-0.2, 0) is 38.6 Å². The highest BCUT2D eigenvalue weighted by Crippen LogP contribution is 2.52. The van der Waals surface area contributed by atoms with Gasteiger partial charge in [0.05, 0.1) is 11.7 Å². The number of likely N-dealkylation sites (N-methyl/N-ethyl adjacent to an activating group) is 1. The Kier molecular flexibility index (Phi) is 7.29. The number of nitrogens with one attached hydrogen (secondary N) is 2. The molecule has 2 aromatic rings. The highest BCUT2D eigenvalue weighted by atomic mass is 16.3. The molecule has 3 aliphatic carbocycles. The fourth-order valence-electron chi connectivity index (χ4n) is 6.45. The van der Waals surface area contributed by atoms with Crippen LogP contribution in [0.4, 0.5) is 5.69 Å². The van der Waals surface area contributed by atoms with Crippen LogP contribution in [0.5, 0.6) is 5.75 Å². The lowest BCUT2D eigenvalue weighted by Crippen LogP contribution is -2.63. The van der Waals surface area contributed by atoms with Crippen LogP contribution in [0.3, 0.4) is 0 Å². The second-order valence-electron chi connectivity index (χ2n) is 11.1. The zero-order valence-electron chi connectivity index (χ0n) is 23.0. The van der Waals surface area contributed by atoms with E-state index in [4.69, 9.17) is 5.73 Å². The SMILES string of the molecule is CN(C)[C@@H]1C(O)=C(C(N)=O)C(=O)C2(O)C(O)=C3Cc4c(ccc(NC(=O)C(=O)NCc5ccccc5)c4O)CC3CC12. The minimum absolute atomic E-state index is 0.0233. The number of aliphatic hydroxyl groups is 3. The minimum atomic E-state index is -2.52. The first kappa shape index (κ1) is 28.8. The molecule has 0 radical (unpaired) electrons. The Bertz CT molecular complexity index is 1560. The molecule has 0 fully saturated rings. The number of carbonyl (C=O) groups is 4. The third-order valence-electron chi connectivity index (χ3n) is 8.49. The van der Waals surface area contributed by atoms with E-state index in [0.717, 1.165) is 5.56 Å². The van der Waals surface area contributed by atoms with Gasteiger partial charge in [0.2, 0.25) is 5.78 Å². The maximum Gasteiger partial charge on any atom is 0.313 e. The Hall–Kier alpha value is -4.68. The van der Waals surface area contributed by atoms with Gasteiger partial charge in [0.25, 0.3) is 5.91 Å². The van der Waals surface area contributed by atoms with Crippen molar-refractivity contribution < 1.29 is 39.6 Å². The number of rotatable bonds is 5. The van der Waals surface area contributed by atoms with Crippen molar-refractivity contribution in [1.82, 2.24) is 10.2 Å². The van der Waals surface area contributed by atoms with Crippen LogP contribution in [0.1, 0.15) is 23.1 Å². The minimum Gasteiger partial charge on any atom is -0.510 e. The Morgan fingerprint density at radius 1 is 1.05 bits per heavy atom. The summed E-state index contributed by atoms with van der Waals surface area (Å²) in [4.78, 5) is 51.9. The van der Waals surface area contributed by atoms with E-state index in [1.807, 2.05) is 6.07 Å². The van der Waals surface area contributed by atoms with E-state index in [1.165, 1.54) is 6.07 Å². The van der Waals surface area contributed by atoms with Gasteiger partial charge in [0, 0.05) is 24.4 Å². The van der Waals surface area contributed by atoms with Gasteiger partial charge in [-0.15, -0.1) is 0 Å². The lowest BCUT2D eigenvalue weighted by Gasteiger charge is -2.50. The molecule has 0 saturated carbocycles.